The first-order valence-electron chi connectivity index (χ1n) is 8.04. The first-order valence-corrected chi connectivity index (χ1v) is 11.1. The maximum atomic E-state index is 12.5. The standard InChI is InChI=1S/C16H22N2O5S2/c1-3-8-18(12-6-9-25(21,22)11-12)14(19)10-23-16(20)13-5-4-7-17-15(13)24-2/h4-5,7,12H,3,6,8-11H2,1-2H3. The van der Waals surface area contributed by atoms with E-state index in [2.05, 4.69) is 4.98 Å². The monoisotopic (exact) mass is 386 g/mol. The lowest BCUT2D eigenvalue weighted by Crippen LogP contribution is -2.43. The first-order chi connectivity index (χ1) is 11.9. The van der Waals surface area contributed by atoms with E-state index in [0.29, 0.717) is 30.0 Å². The lowest BCUT2D eigenvalue weighted by Gasteiger charge is -2.27. The Hall–Kier alpha value is -1.61. The molecule has 0 N–H and O–H groups in total. The summed E-state index contributed by atoms with van der Waals surface area (Å²) in [6.45, 7) is 1.95. The van der Waals surface area contributed by atoms with Crippen LogP contribution in [0, 0.1) is 0 Å². The third-order valence-electron chi connectivity index (χ3n) is 3.95. The minimum Gasteiger partial charge on any atom is -0.452 e. The van der Waals surface area contributed by atoms with Crippen LogP contribution in [0.1, 0.15) is 30.1 Å². The molecule has 1 fully saturated rings. The molecule has 0 bridgehead atoms. The fourth-order valence-electron chi connectivity index (χ4n) is 2.77. The Morgan fingerprint density at radius 1 is 1.44 bits per heavy atom. The van der Waals surface area contributed by atoms with Crippen LogP contribution in [0.15, 0.2) is 23.4 Å². The van der Waals surface area contributed by atoms with Crippen LogP contribution in [-0.4, -0.2) is 67.1 Å². The van der Waals surface area contributed by atoms with E-state index in [9.17, 15) is 18.0 Å². The predicted molar refractivity (Wildman–Crippen MR) is 95.4 cm³/mol. The number of carbonyl (C=O) groups excluding carboxylic acids is 2. The first kappa shape index (κ1) is 19.7. The molecule has 1 aromatic heterocycles. The number of thioether (sulfide) groups is 1. The van der Waals surface area contributed by atoms with Crippen molar-refractivity contribution in [3.63, 3.8) is 0 Å². The Bertz CT molecular complexity index is 736. The van der Waals surface area contributed by atoms with Crippen molar-refractivity contribution >= 4 is 33.5 Å². The second kappa shape index (κ2) is 8.66. The molecule has 1 amide bonds. The number of nitrogens with zero attached hydrogens (tertiary/aromatic N) is 2. The number of aromatic nitrogens is 1. The smallest absolute Gasteiger partial charge is 0.341 e. The van der Waals surface area contributed by atoms with Crippen LogP contribution in [0.25, 0.3) is 0 Å². The van der Waals surface area contributed by atoms with Crippen molar-refractivity contribution < 1.29 is 22.7 Å². The summed E-state index contributed by atoms with van der Waals surface area (Å²) in [6.07, 6.45) is 4.52. The Kier molecular flexibility index (Phi) is 6.83. The van der Waals surface area contributed by atoms with Crippen molar-refractivity contribution in [3.05, 3.63) is 23.9 Å². The van der Waals surface area contributed by atoms with Crippen LogP contribution in [0.5, 0.6) is 0 Å². The number of esters is 1. The summed E-state index contributed by atoms with van der Waals surface area (Å²) in [6, 6.07) is 2.89. The third kappa shape index (κ3) is 5.18. The zero-order chi connectivity index (χ0) is 18.4. The lowest BCUT2D eigenvalue weighted by molar-refractivity contribution is -0.136. The number of pyridine rings is 1. The lowest BCUT2D eigenvalue weighted by atomic mass is 10.2. The van der Waals surface area contributed by atoms with E-state index in [4.69, 9.17) is 4.74 Å². The molecule has 7 nitrogen and oxygen atoms in total. The summed E-state index contributed by atoms with van der Waals surface area (Å²) >= 11 is 1.32. The molecule has 1 aliphatic rings. The number of amides is 1. The maximum Gasteiger partial charge on any atom is 0.341 e. The zero-order valence-corrected chi connectivity index (χ0v) is 15.9. The van der Waals surface area contributed by atoms with Gasteiger partial charge in [0, 0.05) is 18.8 Å². The Labute approximate surface area is 152 Å². The second-order valence-corrected chi connectivity index (χ2v) is 8.80. The van der Waals surface area contributed by atoms with Crippen molar-refractivity contribution in [2.45, 2.75) is 30.8 Å². The van der Waals surface area contributed by atoms with Gasteiger partial charge in [-0.1, -0.05) is 6.92 Å². The molecule has 0 aliphatic carbocycles. The predicted octanol–water partition coefficient (Wildman–Crippen LogP) is 1.39. The second-order valence-electron chi connectivity index (χ2n) is 5.78. The van der Waals surface area contributed by atoms with Gasteiger partial charge in [0.25, 0.3) is 5.91 Å². The average molecular weight is 386 g/mol. The highest BCUT2D eigenvalue weighted by Crippen LogP contribution is 2.20. The van der Waals surface area contributed by atoms with Crippen LogP contribution in [0.4, 0.5) is 0 Å². The zero-order valence-electron chi connectivity index (χ0n) is 14.3. The number of ether oxygens (including phenoxy) is 1. The molecule has 1 saturated heterocycles. The van der Waals surface area contributed by atoms with Crippen molar-refractivity contribution in [3.8, 4) is 0 Å². The molecule has 0 spiro atoms. The molecule has 1 aliphatic heterocycles. The van der Waals surface area contributed by atoms with Gasteiger partial charge in [-0.2, -0.15) is 0 Å². The van der Waals surface area contributed by atoms with E-state index in [-0.39, 0.29) is 23.5 Å². The summed E-state index contributed by atoms with van der Waals surface area (Å²) in [5.74, 6) is -0.905. The summed E-state index contributed by atoms with van der Waals surface area (Å²) in [5.41, 5.74) is 0.313. The average Bonchev–Trinajstić information content (AvgIpc) is 2.96. The van der Waals surface area contributed by atoms with Gasteiger partial charge in [0.2, 0.25) is 0 Å². The van der Waals surface area contributed by atoms with Crippen LogP contribution in [-0.2, 0) is 19.4 Å². The van der Waals surface area contributed by atoms with E-state index in [1.807, 2.05) is 6.92 Å². The van der Waals surface area contributed by atoms with Crippen molar-refractivity contribution in [1.29, 1.82) is 0 Å². The van der Waals surface area contributed by atoms with Crippen LogP contribution in [0.3, 0.4) is 0 Å². The van der Waals surface area contributed by atoms with Crippen molar-refractivity contribution in [2.24, 2.45) is 0 Å². The highest BCUT2D eigenvalue weighted by atomic mass is 32.2. The molecule has 1 aromatic rings. The number of rotatable bonds is 7. The van der Waals surface area contributed by atoms with Crippen molar-refractivity contribution in [1.82, 2.24) is 9.88 Å². The van der Waals surface area contributed by atoms with E-state index < -0.39 is 22.4 Å². The Morgan fingerprint density at radius 3 is 2.80 bits per heavy atom. The fraction of sp³-hybridized carbons (Fsp3) is 0.562. The molecule has 2 rings (SSSR count). The number of carbonyl (C=O) groups is 2. The fourth-order valence-corrected chi connectivity index (χ4v) is 5.04. The van der Waals surface area contributed by atoms with Gasteiger partial charge in [0.1, 0.15) is 5.03 Å². The van der Waals surface area contributed by atoms with Gasteiger partial charge in [-0.25, -0.2) is 18.2 Å². The molecular weight excluding hydrogens is 364 g/mol. The minimum absolute atomic E-state index is 0.0219. The largest absolute Gasteiger partial charge is 0.452 e. The highest BCUT2D eigenvalue weighted by molar-refractivity contribution is 7.98. The third-order valence-corrected chi connectivity index (χ3v) is 6.41. The van der Waals surface area contributed by atoms with Gasteiger partial charge in [-0.3, -0.25) is 4.79 Å². The molecule has 2 heterocycles. The van der Waals surface area contributed by atoms with Crippen molar-refractivity contribution in [2.75, 3.05) is 30.9 Å². The summed E-state index contributed by atoms with van der Waals surface area (Å²) in [4.78, 5) is 30.3. The van der Waals surface area contributed by atoms with Crippen LogP contribution >= 0.6 is 11.8 Å². The quantitative estimate of drug-likeness (QED) is 0.516. The molecular formula is C16H22N2O5S2. The minimum atomic E-state index is -3.09. The van der Waals surface area contributed by atoms with Gasteiger partial charge >= 0.3 is 5.97 Å². The van der Waals surface area contributed by atoms with Crippen LogP contribution in [0.2, 0.25) is 0 Å². The van der Waals surface area contributed by atoms with Crippen LogP contribution < -0.4 is 0 Å². The van der Waals surface area contributed by atoms with E-state index >= 15 is 0 Å². The number of sulfone groups is 1. The highest BCUT2D eigenvalue weighted by Gasteiger charge is 2.34. The summed E-state index contributed by atoms with van der Waals surface area (Å²) in [5, 5.41) is 0.534. The number of hydrogen-bond donors (Lipinski definition) is 0. The topological polar surface area (TPSA) is 93.6 Å². The molecule has 1 unspecified atom stereocenters. The Balaban J connectivity index is 2.00. The molecule has 1 atom stereocenters. The van der Waals surface area contributed by atoms with Gasteiger partial charge < -0.3 is 9.64 Å². The Morgan fingerprint density at radius 2 is 2.20 bits per heavy atom. The maximum absolute atomic E-state index is 12.5. The molecule has 0 saturated carbocycles. The number of hydrogen-bond acceptors (Lipinski definition) is 7. The molecule has 138 valence electrons. The summed E-state index contributed by atoms with van der Waals surface area (Å²) in [7, 11) is -3.09. The normalized spacial score (nSPS) is 18.7. The van der Waals surface area contributed by atoms with Gasteiger partial charge in [0.15, 0.2) is 16.4 Å². The van der Waals surface area contributed by atoms with Gasteiger partial charge in [-0.05, 0) is 31.2 Å². The molecule has 25 heavy (non-hydrogen) atoms. The summed E-state index contributed by atoms with van der Waals surface area (Å²) < 4.78 is 28.5. The van der Waals surface area contributed by atoms with E-state index in [1.54, 1.807) is 24.6 Å². The van der Waals surface area contributed by atoms with Gasteiger partial charge in [0.05, 0.1) is 17.1 Å². The van der Waals surface area contributed by atoms with E-state index in [0.717, 1.165) is 0 Å². The molecule has 0 radical (unpaired) electrons. The SMILES string of the molecule is CCCN(C(=O)COC(=O)c1cccnc1SC)C1CCS(=O)(=O)C1. The molecule has 9 heteroatoms. The van der Waals surface area contributed by atoms with E-state index in [1.165, 1.54) is 16.7 Å². The van der Waals surface area contributed by atoms with Gasteiger partial charge in [-0.15, -0.1) is 11.8 Å². The molecule has 0 aromatic carbocycles.